The Kier molecular flexibility index (Phi) is 4.86. The van der Waals surface area contributed by atoms with Crippen molar-refractivity contribution in [3.05, 3.63) is 118 Å². The fourth-order valence-electron chi connectivity index (χ4n) is 4.19. The summed E-state index contributed by atoms with van der Waals surface area (Å²) in [5.74, 6) is 0.378. The standard InChI is InChI=1S/C27H21NO4/c1-3-14-31-20-11-7-8-18(16-20)24-23-25(29)21-15-17(2)12-13-22(21)32-26(23)27(30)28(24)19-9-5-4-6-10-19/h3-13,15-16,24H,1,14H2,2H3. The van der Waals surface area contributed by atoms with Crippen LogP contribution in [0.4, 0.5) is 5.69 Å². The first-order chi connectivity index (χ1) is 15.6. The highest BCUT2D eigenvalue weighted by Gasteiger charge is 2.43. The van der Waals surface area contributed by atoms with Gasteiger partial charge in [-0.05, 0) is 48.9 Å². The van der Waals surface area contributed by atoms with Gasteiger partial charge in [0.1, 0.15) is 17.9 Å². The molecule has 5 nitrogen and oxygen atoms in total. The monoisotopic (exact) mass is 423 g/mol. The number of carbonyl (C=O) groups is 1. The highest BCUT2D eigenvalue weighted by Crippen LogP contribution is 2.41. The summed E-state index contributed by atoms with van der Waals surface area (Å²) in [6.45, 7) is 5.96. The van der Waals surface area contributed by atoms with E-state index in [2.05, 4.69) is 6.58 Å². The van der Waals surface area contributed by atoms with Gasteiger partial charge in [-0.2, -0.15) is 0 Å². The Hall–Kier alpha value is -4.12. The van der Waals surface area contributed by atoms with Crippen molar-refractivity contribution in [2.45, 2.75) is 13.0 Å². The van der Waals surface area contributed by atoms with Crippen LogP contribution in [0, 0.1) is 6.92 Å². The summed E-state index contributed by atoms with van der Waals surface area (Å²) in [4.78, 5) is 28.8. The van der Waals surface area contributed by atoms with Crippen molar-refractivity contribution in [1.82, 2.24) is 0 Å². The van der Waals surface area contributed by atoms with E-state index < -0.39 is 6.04 Å². The maximum atomic E-state index is 13.7. The van der Waals surface area contributed by atoms with Crippen molar-refractivity contribution in [2.24, 2.45) is 0 Å². The Balaban J connectivity index is 1.77. The zero-order chi connectivity index (χ0) is 22.2. The van der Waals surface area contributed by atoms with Crippen molar-refractivity contribution in [1.29, 1.82) is 0 Å². The summed E-state index contributed by atoms with van der Waals surface area (Å²) < 4.78 is 11.7. The van der Waals surface area contributed by atoms with Gasteiger partial charge < -0.3 is 9.15 Å². The molecule has 1 unspecified atom stereocenters. The fourth-order valence-corrected chi connectivity index (χ4v) is 4.19. The number of hydrogen-bond acceptors (Lipinski definition) is 4. The number of ether oxygens (including phenoxy) is 1. The second-order valence-electron chi connectivity index (χ2n) is 7.76. The number of benzene rings is 3. The van der Waals surface area contributed by atoms with E-state index in [1.807, 2.05) is 67.6 Å². The molecule has 0 saturated heterocycles. The van der Waals surface area contributed by atoms with Crippen LogP contribution >= 0.6 is 0 Å². The number of para-hydroxylation sites is 1. The molecule has 1 aliphatic rings. The molecule has 0 spiro atoms. The zero-order valence-electron chi connectivity index (χ0n) is 17.6. The molecule has 5 heteroatoms. The lowest BCUT2D eigenvalue weighted by Crippen LogP contribution is -2.29. The van der Waals surface area contributed by atoms with Crippen LogP contribution in [0.25, 0.3) is 11.0 Å². The lowest BCUT2D eigenvalue weighted by Gasteiger charge is -2.25. The van der Waals surface area contributed by atoms with Crippen molar-refractivity contribution in [2.75, 3.05) is 11.5 Å². The molecule has 32 heavy (non-hydrogen) atoms. The van der Waals surface area contributed by atoms with Gasteiger partial charge in [0.2, 0.25) is 5.76 Å². The van der Waals surface area contributed by atoms with E-state index in [0.717, 1.165) is 11.1 Å². The number of aryl methyl sites for hydroxylation is 1. The van der Waals surface area contributed by atoms with E-state index in [1.54, 1.807) is 23.1 Å². The van der Waals surface area contributed by atoms with Gasteiger partial charge in [0.25, 0.3) is 5.91 Å². The van der Waals surface area contributed by atoms with Crippen LogP contribution in [-0.4, -0.2) is 12.5 Å². The number of amides is 1. The second kappa shape index (κ2) is 7.85. The minimum atomic E-state index is -0.631. The van der Waals surface area contributed by atoms with E-state index in [-0.39, 0.29) is 17.1 Å². The van der Waals surface area contributed by atoms with Gasteiger partial charge >= 0.3 is 0 Å². The first kappa shape index (κ1) is 19.8. The van der Waals surface area contributed by atoms with Crippen LogP contribution in [0.2, 0.25) is 0 Å². The Morgan fingerprint density at radius 2 is 1.84 bits per heavy atom. The van der Waals surface area contributed by atoms with E-state index in [9.17, 15) is 9.59 Å². The molecule has 1 atom stereocenters. The average Bonchev–Trinajstić information content (AvgIpc) is 3.11. The highest BCUT2D eigenvalue weighted by molar-refractivity contribution is 6.10. The van der Waals surface area contributed by atoms with Crippen LogP contribution in [0.5, 0.6) is 5.75 Å². The molecule has 158 valence electrons. The fraction of sp³-hybridized carbons (Fsp3) is 0.111. The number of carbonyl (C=O) groups excluding carboxylic acids is 1. The Bertz CT molecular complexity index is 1400. The largest absolute Gasteiger partial charge is 0.490 e. The number of hydrogen-bond donors (Lipinski definition) is 0. The molecule has 0 fully saturated rings. The predicted molar refractivity (Wildman–Crippen MR) is 124 cm³/mol. The van der Waals surface area contributed by atoms with Gasteiger partial charge in [0, 0.05) is 5.69 Å². The first-order valence-electron chi connectivity index (χ1n) is 10.4. The summed E-state index contributed by atoms with van der Waals surface area (Å²) in [6, 6.07) is 21.5. The summed E-state index contributed by atoms with van der Waals surface area (Å²) in [5.41, 5.74) is 2.96. The van der Waals surface area contributed by atoms with E-state index in [4.69, 9.17) is 9.15 Å². The minimum absolute atomic E-state index is 0.0811. The van der Waals surface area contributed by atoms with Crippen LogP contribution < -0.4 is 15.1 Å². The molecular weight excluding hydrogens is 402 g/mol. The van der Waals surface area contributed by atoms with Gasteiger partial charge in [0.05, 0.1) is 17.0 Å². The molecule has 2 heterocycles. The summed E-state index contributed by atoms with van der Waals surface area (Å²) in [7, 11) is 0. The molecule has 4 aromatic rings. The third-order valence-corrected chi connectivity index (χ3v) is 5.60. The van der Waals surface area contributed by atoms with Gasteiger partial charge in [-0.25, -0.2) is 0 Å². The third kappa shape index (κ3) is 3.19. The van der Waals surface area contributed by atoms with E-state index in [0.29, 0.717) is 34.6 Å². The van der Waals surface area contributed by atoms with Gasteiger partial charge in [-0.1, -0.05) is 54.6 Å². The van der Waals surface area contributed by atoms with Crippen LogP contribution in [0.15, 0.2) is 94.7 Å². The predicted octanol–water partition coefficient (Wildman–Crippen LogP) is 5.42. The van der Waals surface area contributed by atoms with Crippen LogP contribution in [0.1, 0.15) is 33.3 Å². The average molecular weight is 423 g/mol. The van der Waals surface area contributed by atoms with E-state index in [1.165, 1.54) is 0 Å². The molecule has 1 aliphatic heterocycles. The second-order valence-corrected chi connectivity index (χ2v) is 7.76. The maximum absolute atomic E-state index is 13.7. The third-order valence-electron chi connectivity index (χ3n) is 5.60. The van der Waals surface area contributed by atoms with Gasteiger partial charge in [0.15, 0.2) is 5.43 Å². The molecular formula is C27H21NO4. The molecule has 0 aliphatic carbocycles. The molecule has 1 amide bonds. The Labute approximate surface area is 185 Å². The maximum Gasteiger partial charge on any atom is 0.295 e. The molecule has 1 aromatic heterocycles. The molecule has 0 saturated carbocycles. The van der Waals surface area contributed by atoms with Crippen molar-refractivity contribution >= 4 is 22.6 Å². The lowest BCUT2D eigenvalue weighted by molar-refractivity contribution is 0.0971. The summed E-state index contributed by atoms with van der Waals surface area (Å²) in [6.07, 6.45) is 1.67. The zero-order valence-corrected chi connectivity index (χ0v) is 17.6. The molecule has 0 radical (unpaired) electrons. The number of fused-ring (bicyclic) bond motifs is 2. The number of nitrogens with zero attached hydrogens (tertiary/aromatic N) is 1. The number of rotatable bonds is 5. The van der Waals surface area contributed by atoms with Crippen LogP contribution in [0.3, 0.4) is 0 Å². The van der Waals surface area contributed by atoms with Crippen molar-refractivity contribution in [3.63, 3.8) is 0 Å². The molecule has 5 rings (SSSR count). The van der Waals surface area contributed by atoms with Gasteiger partial charge in [-0.3, -0.25) is 14.5 Å². The minimum Gasteiger partial charge on any atom is -0.490 e. The Morgan fingerprint density at radius 3 is 2.62 bits per heavy atom. The normalized spacial score (nSPS) is 15.1. The quantitative estimate of drug-likeness (QED) is 0.403. The molecule has 3 aromatic carbocycles. The molecule has 0 bridgehead atoms. The SMILES string of the molecule is C=CCOc1cccc(C2c3c(oc4ccc(C)cc4c3=O)C(=O)N2c2ccccc2)c1. The first-order valence-corrected chi connectivity index (χ1v) is 10.4. The van der Waals surface area contributed by atoms with Gasteiger partial charge in [-0.15, -0.1) is 0 Å². The summed E-state index contributed by atoms with van der Waals surface area (Å²) in [5, 5.41) is 0.468. The molecule has 0 N–H and O–H groups in total. The lowest BCUT2D eigenvalue weighted by atomic mass is 9.97. The smallest absolute Gasteiger partial charge is 0.295 e. The summed E-state index contributed by atoms with van der Waals surface area (Å²) >= 11 is 0. The van der Waals surface area contributed by atoms with E-state index >= 15 is 0 Å². The van der Waals surface area contributed by atoms with Crippen molar-refractivity contribution < 1.29 is 13.9 Å². The Morgan fingerprint density at radius 1 is 1.03 bits per heavy atom. The topological polar surface area (TPSA) is 59.8 Å². The van der Waals surface area contributed by atoms with Crippen molar-refractivity contribution in [3.8, 4) is 5.75 Å². The van der Waals surface area contributed by atoms with Crippen LogP contribution in [-0.2, 0) is 0 Å². The number of anilines is 1. The highest BCUT2D eigenvalue weighted by atomic mass is 16.5.